The summed E-state index contributed by atoms with van der Waals surface area (Å²) in [6, 6.07) is 4.00. The van der Waals surface area contributed by atoms with Gasteiger partial charge in [-0.3, -0.25) is 9.69 Å². The molecule has 3 heterocycles. The molecule has 1 aliphatic rings. The Kier molecular flexibility index (Phi) is 4.34. The van der Waals surface area contributed by atoms with E-state index in [1.54, 1.807) is 18.3 Å². The van der Waals surface area contributed by atoms with Crippen LogP contribution in [0.4, 0.5) is 0 Å². The van der Waals surface area contributed by atoms with Crippen molar-refractivity contribution < 1.29 is 4.79 Å². The van der Waals surface area contributed by atoms with E-state index in [4.69, 9.17) is 4.98 Å². The molecule has 0 bridgehead atoms. The van der Waals surface area contributed by atoms with Crippen LogP contribution in [0.1, 0.15) is 59.3 Å². The summed E-state index contributed by atoms with van der Waals surface area (Å²) >= 11 is 1.60. The van der Waals surface area contributed by atoms with E-state index >= 15 is 0 Å². The molecular weight excluding hydrogens is 306 g/mol. The quantitative estimate of drug-likeness (QED) is 0.807. The Morgan fingerprint density at radius 3 is 2.78 bits per heavy atom. The Labute approximate surface area is 141 Å². The number of carbonyl (C=O) groups is 1. The molecule has 122 valence electrons. The van der Waals surface area contributed by atoms with Gasteiger partial charge >= 0.3 is 0 Å². The van der Waals surface area contributed by atoms with Crippen LogP contribution in [-0.2, 0) is 24.9 Å². The van der Waals surface area contributed by atoms with E-state index in [-0.39, 0.29) is 11.2 Å². The summed E-state index contributed by atoms with van der Waals surface area (Å²) in [5.41, 5.74) is 2.41. The zero-order valence-corrected chi connectivity index (χ0v) is 15.0. The molecule has 0 saturated carbocycles. The number of ketones is 1. The molecule has 0 atom stereocenters. The molecule has 2 aromatic rings. The summed E-state index contributed by atoms with van der Waals surface area (Å²) in [5.74, 6) is 1.07. The zero-order valence-electron chi connectivity index (χ0n) is 14.2. The normalized spacial score (nSPS) is 15.5. The molecule has 3 rings (SSSR count). The molecule has 4 nitrogen and oxygen atoms in total. The lowest BCUT2D eigenvalue weighted by molar-refractivity contribution is 0.102. The van der Waals surface area contributed by atoms with E-state index in [0.29, 0.717) is 0 Å². The summed E-state index contributed by atoms with van der Waals surface area (Å²) in [4.78, 5) is 25.2. The number of hydrogen-bond donors (Lipinski definition) is 0. The number of thiophene rings is 1. The molecule has 1 aliphatic heterocycles. The molecule has 0 spiro atoms. The van der Waals surface area contributed by atoms with Gasteiger partial charge in [0.15, 0.2) is 5.78 Å². The van der Waals surface area contributed by atoms with Gasteiger partial charge < -0.3 is 0 Å². The monoisotopic (exact) mass is 329 g/mol. The van der Waals surface area contributed by atoms with E-state index in [2.05, 4.69) is 36.7 Å². The SMILES string of the molecule is CC(=O)c1ccc(CN2CCc3nc(C(C)(C)C)ncc3C2)s1. The lowest BCUT2D eigenvalue weighted by atomic mass is 9.95. The molecule has 0 unspecified atom stereocenters. The number of hydrogen-bond acceptors (Lipinski definition) is 5. The van der Waals surface area contributed by atoms with Gasteiger partial charge in [0.25, 0.3) is 0 Å². The number of aromatic nitrogens is 2. The van der Waals surface area contributed by atoms with Crippen molar-refractivity contribution in [1.29, 1.82) is 0 Å². The van der Waals surface area contributed by atoms with Crippen LogP contribution in [-0.4, -0.2) is 27.2 Å². The van der Waals surface area contributed by atoms with Gasteiger partial charge in [0, 0.05) is 53.8 Å². The third-order valence-corrected chi connectivity index (χ3v) is 5.24. The number of rotatable bonds is 3. The van der Waals surface area contributed by atoms with Crippen molar-refractivity contribution in [1.82, 2.24) is 14.9 Å². The molecule has 0 amide bonds. The van der Waals surface area contributed by atoms with Crippen molar-refractivity contribution in [2.75, 3.05) is 6.54 Å². The molecule has 0 saturated heterocycles. The van der Waals surface area contributed by atoms with Crippen LogP contribution >= 0.6 is 11.3 Å². The summed E-state index contributed by atoms with van der Waals surface area (Å²) < 4.78 is 0. The third-order valence-electron chi connectivity index (χ3n) is 4.07. The number of carbonyl (C=O) groups excluding carboxylic acids is 1. The van der Waals surface area contributed by atoms with Gasteiger partial charge in [0.1, 0.15) is 5.82 Å². The van der Waals surface area contributed by atoms with Crippen molar-refractivity contribution in [2.24, 2.45) is 0 Å². The topological polar surface area (TPSA) is 46.1 Å². The second kappa shape index (κ2) is 6.13. The smallest absolute Gasteiger partial charge is 0.169 e. The van der Waals surface area contributed by atoms with Gasteiger partial charge in [-0.25, -0.2) is 9.97 Å². The highest BCUT2D eigenvalue weighted by Crippen LogP contribution is 2.25. The molecule has 23 heavy (non-hydrogen) atoms. The molecule has 0 fully saturated rings. The minimum Gasteiger partial charge on any atom is -0.294 e. The van der Waals surface area contributed by atoms with Gasteiger partial charge in [-0.2, -0.15) is 0 Å². The van der Waals surface area contributed by atoms with Gasteiger partial charge in [-0.1, -0.05) is 20.8 Å². The lowest BCUT2D eigenvalue weighted by Crippen LogP contribution is -2.31. The van der Waals surface area contributed by atoms with Crippen LogP contribution in [0.3, 0.4) is 0 Å². The maximum atomic E-state index is 11.4. The van der Waals surface area contributed by atoms with Crippen molar-refractivity contribution in [3.63, 3.8) is 0 Å². The number of nitrogens with zero attached hydrogens (tertiary/aromatic N) is 3. The average molecular weight is 329 g/mol. The summed E-state index contributed by atoms with van der Waals surface area (Å²) in [6.45, 7) is 10.8. The van der Waals surface area contributed by atoms with Crippen LogP contribution in [0.5, 0.6) is 0 Å². The third kappa shape index (κ3) is 3.67. The predicted octanol–water partition coefficient (Wildman–Crippen LogP) is 3.60. The van der Waals surface area contributed by atoms with E-state index in [0.717, 1.165) is 36.8 Å². The largest absolute Gasteiger partial charge is 0.294 e. The minimum absolute atomic E-state index is 0.00771. The molecule has 5 heteroatoms. The standard InChI is InChI=1S/C18H23N3OS/c1-12(22)16-6-5-14(23-16)11-21-8-7-15-13(10-21)9-19-17(20-15)18(2,3)4/h5-6,9H,7-8,10-11H2,1-4H3. The molecular formula is C18H23N3OS. The van der Waals surface area contributed by atoms with Crippen molar-refractivity contribution >= 4 is 17.1 Å². The van der Waals surface area contributed by atoms with Crippen LogP contribution in [0.15, 0.2) is 18.3 Å². The fourth-order valence-electron chi connectivity index (χ4n) is 2.74. The Morgan fingerprint density at radius 2 is 2.13 bits per heavy atom. The second-order valence-electron chi connectivity index (χ2n) is 7.20. The minimum atomic E-state index is -0.00771. The molecule has 2 aromatic heterocycles. The Morgan fingerprint density at radius 1 is 1.35 bits per heavy atom. The predicted molar refractivity (Wildman–Crippen MR) is 92.9 cm³/mol. The Bertz CT molecular complexity index is 730. The van der Waals surface area contributed by atoms with Gasteiger partial charge in [-0.15, -0.1) is 11.3 Å². The first-order chi connectivity index (χ1) is 10.8. The molecule has 0 aromatic carbocycles. The zero-order chi connectivity index (χ0) is 16.6. The van der Waals surface area contributed by atoms with E-state index in [1.807, 2.05) is 12.3 Å². The van der Waals surface area contributed by atoms with E-state index in [9.17, 15) is 4.79 Å². The lowest BCUT2D eigenvalue weighted by Gasteiger charge is -2.28. The maximum absolute atomic E-state index is 11.4. The highest BCUT2D eigenvalue weighted by molar-refractivity contribution is 7.14. The highest BCUT2D eigenvalue weighted by atomic mass is 32.1. The first-order valence-corrected chi connectivity index (χ1v) is 8.82. The van der Waals surface area contributed by atoms with Crippen LogP contribution in [0.25, 0.3) is 0 Å². The molecule has 0 radical (unpaired) electrons. The van der Waals surface area contributed by atoms with Gasteiger partial charge in [-0.05, 0) is 19.1 Å². The van der Waals surface area contributed by atoms with Crippen LogP contribution < -0.4 is 0 Å². The van der Waals surface area contributed by atoms with E-state index in [1.165, 1.54) is 16.1 Å². The number of Topliss-reactive ketones (excluding diaryl/α,β-unsaturated/α-hetero) is 1. The molecule has 0 aliphatic carbocycles. The Balaban J connectivity index is 1.71. The Hall–Kier alpha value is -1.59. The summed E-state index contributed by atoms with van der Waals surface area (Å²) in [7, 11) is 0. The maximum Gasteiger partial charge on any atom is 0.169 e. The fraction of sp³-hybridized carbons (Fsp3) is 0.500. The first-order valence-electron chi connectivity index (χ1n) is 8.00. The van der Waals surface area contributed by atoms with E-state index < -0.39 is 0 Å². The van der Waals surface area contributed by atoms with Gasteiger partial charge in [0.2, 0.25) is 0 Å². The van der Waals surface area contributed by atoms with Crippen LogP contribution in [0, 0.1) is 0 Å². The van der Waals surface area contributed by atoms with Crippen LogP contribution in [0.2, 0.25) is 0 Å². The van der Waals surface area contributed by atoms with Crippen molar-refractivity contribution in [2.45, 2.75) is 52.6 Å². The average Bonchev–Trinajstić information content (AvgIpc) is 2.94. The molecule has 0 N–H and O–H groups in total. The van der Waals surface area contributed by atoms with Crippen molar-refractivity contribution in [3.05, 3.63) is 45.2 Å². The fourth-order valence-corrected chi connectivity index (χ4v) is 3.69. The second-order valence-corrected chi connectivity index (χ2v) is 8.37. The summed E-state index contributed by atoms with van der Waals surface area (Å²) in [6.07, 6.45) is 2.95. The van der Waals surface area contributed by atoms with Crippen molar-refractivity contribution in [3.8, 4) is 0 Å². The van der Waals surface area contributed by atoms with Gasteiger partial charge in [0.05, 0.1) is 4.88 Å². The summed E-state index contributed by atoms with van der Waals surface area (Å²) in [5, 5.41) is 0. The highest BCUT2D eigenvalue weighted by Gasteiger charge is 2.23. The first kappa shape index (κ1) is 16.3. The number of fused-ring (bicyclic) bond motifs is 1.